The van der Waals surface area contributed by atoms with Crippen molar-refractivity contribution in [2.75, 3.05) is 43.5 Å². The summed E-state index contributed by atoms with van der Waals surface area (Å²) in [5.41, 5.74) is 2.23. The zero-order chi connectivity index (χ0) is 21.6. The van der Waals surface area contributed by atoms with E-state index in [0.717, 1.165) is 5.56 Å². The quantitative estimate of drug-likeness (QED) is 0.646. The number of para-hydroxylation sites is 1. The number of piperazine rings is 1. The molecule has 1 fully saturated rings. The lowest BCUT2D eigenvalue weighted by Gasteiger charge is -2.39. The minimum Gasteiger partial charge on any atom is -0.497 e. The van der Waals surface area contributed by atoms with Crippen LogP contribution in [0.25, 0.3) is 0 Å². The lowest BCUT2D eigenvalue weighted by atomic mass is 10.0. The van der Waals surface area contributed by atoms with E-state index in [1.807, 2.05) is 59.5 Å². The molecule has 1 aliphatic heterocycles. The first-order valence-corrected chi connectivity index (χ1v) is 10.4. The fraction of sp³-hybridized carbons (Fsp3) is 0.240. The molecule has 3 aromatic rings. The van der Waals surface area contributed by atoms with Crippen LogP contribution in [-0.4, -0.2) is 44.1 Å². The number of carbonyl (C=O) groups excluding carboxylic acids is 1. The Balaban J connectivity index is 1.52. The fourth-order valence-corrected chi connectivity index (χ4v) is 4.00. The van der Waals surface area contributed by atoms with Crippen LogP contribution in [0.4, 0.5) is 15.8 Å². The largest absolute Gasteiger partial charge is 0.497 e. The van der Waals surface area contributed by atoms with Crippen molar-refractivity contribution in [2.45, 2.75) is 6.04 Å². The Morgan fingerprint density at radius 1 is 0.935 bits per heavy atom. The molecule has 1 atom stereocenters. The van der Waals surface area contributed by atoms with Gasteiger partial charge in [0.1, 0.15) is 17.6 Å². The lowest BCUT2D eigenvalue weighted by Crippen LogP contribution is -2.50. The molecule has 1 unspecified atom stereocenters. The van der Waals surface area contributed by atoms with Gasteiger partial charge in [0.05, 0.1) is 12.8 Å². The van der Waals surface area contributed by atoms with Gasteiger partial charge in [-0.3, -0.25) is 9.69 Å². The highest BCUT2D eigenvalue weighted by Gasteiger charge is 2.31. The number of nitrogens with one attached hydrogen (secondary N) is 1. The van der Waals surface area contributed by atoms with Crippen LogP contribution in [0, 0.1) is 5.82 Å². The third-order valence-corrected chi connectivity index (χ3v) is 5.57. The van der Waals surface area contributed by atoms with Crippen molar-refractivity contribution in [3.05, 3.63) is 90.2 Å². The first-order valence-electron chi connectivity index (χ1n) is 10.4. The molecular formula is C25H26FN3O2. The predicted molar refractivity (Wildman–Crippen MR) is 121 cm³/mol. The number of hydrogen-bond donors (Lipinski definition) is 1. The minimum absolute atomic E-state index is 0.0983. The molecule has 0 spiro atoms. The van der Waals surface area contributed by atoms with Gasteiger partial charge in [0, 0.05) is 37.9 Å². The van der Waals surface area contributed by atoms with Crippen LogP contribution in [-0.2, 0) is 4.79 Å². The molecule has 0 aromatic heterocycles. The number of methoxy groups -OCH3 is 1. The normalized spacial score (nSPS) is 15.4. The van der Waals surface area contributed by atoms with Crippen molar-refractivity contribution in [3.63, 3.8) is 0 Å². The Labute approximate surface area is 182 Å². The average molecular weight is 420 g/mol. The Kier molecular flexibility index (Phi) is 6.48. The van der Waals surface area contributed by atoms with Gasteiger partial charge in [-0.1, -0.05) is 48.5 Å². The molecule has 0 radical (unpaired) electrons. The first-order chi connectivity index (χ1) is 15.2. The highest BCUT2D eigenvalue weighted by molar-refractivity contribution is 5.95. The number of nitrogens with zero attached hydrogens (tertiary/aromatic N) is 2. The zero-order valence-electron chi connectivity index (χ0n) is 17.5. The SMILES string of the molecule is COc1cccc(NC(=O)C(c2ccccc2)N2CCN(c3ccccc3F)CC2)c1. The van der Waals surface area contributed by atoms with Crippen LogP contribution in [0.3, 0.4) is 0 Å². The minimum atomic E-state index is -0.435. The van der Waals surface area contributed by atoms with Gasteiger partial charge in [0.2, 0.25) is 5.91 Å². The summed E-state index contributed by atoms with van der Waals surface area (Å²) in [7, 11) is 1.60. The van der Waals surface area contributed by atoms with E-state index in [2.05, 4.69) is 10.2 Å². The monoisotopic (exact) mass is 419 g/mol. The van der Waals surface area contributed by atoms with E-state index < -0.39 is 6.04 Å². The van der Waals surface area contributed by atoms with Gasteiger partial charge in [-0.05, 0) is 29.8 Å². The Bertz CT molecular complexity index is 1020. The third kappa shape index (κ3) is 4.86. The summed E-state index contributed by atoms with van der Waals surface area (Å²) in [6, 6.07) is 23.5. The summed E-state index contributed by atoms with van der Waals surface area (Å²) in [5, 5.41) is 3.03. The molecule has 4 rings (SSSR count). The van der Waals surface area contributed by atoms with Crippen molar-refractivity contribution in [1.29, 1.82) is 0 Å². The van der Waals surface area contributed by atoms with Crippen LogP contribution in [0.15, 0.2) is 78.9 Å². The molecule has 1 saturated heterocycles. The van der Waals surface area contributed by atoms with Gasteiger partial charge < -0.3 is 15.0 Å². The third-order valence-electron chi connectivity index (χ3n) is 5.57. The predicted octanol–water partition coefficient (Wildman–Crippen LogP) is 4.34. The number of benzene rings is 3. The molecule has 0 aliphatic carbocycles. The number of halogens is 1. The Morgan fingerprint density at radius 3 is 2.35 bits per heavy atom. The summed E-state index contributed by atoms with van der Waals surface area (Å²) < 4.78 is 19.5. The van der Waals surface area contributed by atoms with Gasteiger partial charge in [-0.2, -0.15) is 0 Å². The number of amides is 1. The molecule has 160 valence electrons. The Hall–Kier alpha value is -3.38. The second-order valence-electron chi connectivity index (χ2n) is 7.51. The second-order valence-corrected chi connectivity index (χ2v) is 7.51. The van der Waals surface area contributed by atoms with E-state index >= 15 is 0 Å². The topological polar surface area (TPSA) is 44.8 Å². The summed E-state index contributed by atoms with van der Waals surface area (Å²) in [4.78, 5) is 17.5. The van der Waals surface area contributed by atoms with Crippen molar-refractivity contribution in [3.8, 4) is 5.75 Å². The van der Waals surface area contributed by atoms with E-state index in [-0.39, 0.29) is 11.7 Å². The average Bonchev–Trinajstić information content (AvgIpc) is 2.81. The Morgan fingerprint density at radius 2 is 1.65 bits per heavy atom. The smallest absolute Gasteiger partial charge is 0.246 e. The van der Waals surface area contributed by atoms with Gasteiger partial charge in [-0.25, -0.2) is 4.39 Å². The van der Waals surface area contributed by atoms with Crippen LogP contribution < -0.4 is 15.0 Å². The molecule has 1 aliphatic rings. The van der Waals surface area contributed by atoms with Crippen LogP contribution >= 0.6 is 0 Å². The van der Waals surface area contributed by atoms with Crippen molar-refractivity contribution in [2.24, 2.45) is 0 Å². The maximum absolute atomic E-state index is 14.2. The summed E-state index contributed by atoms with van der Waals surface area (Å²) >= 11 is 0. The molecule has 1 N–H and O–H groups in total. The molecule has 1 amide bonds. The van der Waals surface area contributed by atoms with E-state index in [1.54, 1.807) is 25.3 Å². The molecular weight excluding hydrogens is 393 g/mol. The molecule has 0 saturated carbocycles. The van der Waals surface area contributed by atoms with Gasteiger partial charge in [-0.15, -0.1) is 0 Å². The van der Waals surface area contributed by atoms with Crippen molar-refractivity contribution >= 4 is 17.3 Å². The first kappa shape index (κ1) is 20.9. The molecule has 5 nitrogen and oxygen atoms in total. The lowest BCUT2D eigenvalue weighted by molar-refractivity contribution is -0.121. The second kappa shape index (κ2) is 9.62. The summed E-state index contributed by atoms with van der Waals surface area (Å²) in [5.74, 6) is 0.373. The van der Waals surface area contributed by atoms with Crippen LogP contribution in [0.5, 0.6) is 5.75 Å². The van der Waals surface area contributed by atoms with E-state index in [1.165, 1.54) is 6.07 Å². The fourth-order valence-electron chi connectivity index (χ4n) is 4.00. The molecule has 1 heterocycles. The number of anilines is 2. The highest BCUT2D eigenvalue weighted by atomic mass is 19.1. The molecule has 3 aromatic carbocycles. The number of ether oxygens (including phenoxy) is 1. The number of rotatable bonds is 6. The number of hydrogen-bond acceptors (Lipinski definition) is 4. The van der Waals surface area contributed by atoms with Crippen LogP contribution in [0.2, 0.25) is 0 Å². The number of carbonyl (C=O) groups is 1. The zero-order valence-corrected chi connectivity index (χ0v) is 17.5. The van der Waals surface area contributed by atoms with Gasteiger partial charge in [0.25, 0.3) is 0 Å². The standard InChI is InChI=1S/C25H26FN3O2/c1-31-21-11-7-10-20(18-21)27-25(30)24(19-8-3-2-4-9-19)29-16-14-28(15-17-29)23-13-6-5-12-22(23)26/h2-13,18,24H,14-17H2,1H3,(H,27,30). The summed E-state index contributed by atoms with van der Waals surface area (Å²) in [6.07, 6.45) is 0. The highest BCUT2D eigenvalue weighted by Crippen LogP contribution is 2.27. The van der Waals surface area contributed by atoms with Crippen LogP contribution in [0.1, 0.15) is 11.6 Å². The van der Waals surface area contributed by atoms with Crippen molar-refractivity contribution < 1.29 is 13.9 Å². The van der Waals surface area contributed by atoms with E-state index in [4.69, 9.17) is 4.74 Å². The van der Waals surface area contributed by atoms with Crippen molar-refractivity contribution in [1.82, 2.24) is 4.90 Å². The van der Waals surface area contributed by atoms with Gasteiger partial charge >= 0.3 is 0 Å². The maximum atomic E-state index is 14.2. The molecule has 0 bridgehead atoms. The molecule has 31 heavy (non-hydrogen) atoms. The van der Waals surface area contributed by atoms with E-state index in [9.17, 15) is 9.18 Å². The van der Waals surface area contributed by atoms with Gasteiger partial charge in [0.15, 0.2) is 0 Å². The molecule has 6 heteroatoms. The summed E-state index contributed by atoms with van der Waals surface area (Å²) in [6.45, 7) is 2.60. The van der Waals surface area contributed by atoms with E-state index in [0.29, 0.717) is 43.3 Å². The maximum Gasteiger partial charge on any atom is 0.246 e.